The predicted octanol–water partition coefficient (Wildman–Crippen LogP) is 5.47. The summed E-state index contributed by atoms with van der Waals surface area (Å²) in [6, 6.07) is 10.2. The Labute approximate surface area is 176 Å². The monoisotopic (exact) mass is 414 g/mol. The van der Waals surface area contributed by atoms with Gasteiger partial charge in [0.15, 0.2) is 0 Å². The second-order valence-corrected chi connectivity index (χ2v) is 9.09. The molecule has 1 aromatic carbocycles. The molecule has 0 saturated heterocycles. The summed E-state index contributed by atoms with van der Waals surface area (Å²) in [5.41, 5.74) is 1.07. The summed E-state index contributed by atoms with van der Waals surface area (Å²) in [5, 5.41) is 31.0. The van der Waals surface area contributed by atoms with Crippen molar-refractivity contribution in [3.63, 3.8) is 0 Å². The van der Waals surface area contributed by atoms with Crippen molar-refractivity contribution >= 4 is 27.4 Å². The van der Waals surface area contributed by atoms with E-state index in [4.69, 9.17) is 5.11 Å². The lowest BCUT2D eigenvalue weighted by Crippen LogP contribution is -2.19. The highest BCUT2D eigenvalue weighted by atomic mass is 32.1. The molecule has 1 aromatic heterocycles. The van der Waals surface area contributed by atoms with Crippen molar-refractivity contribution in [1.29, 1.82) is 0 Å². The first-order valence-corrected chi connectivity index (χ1v) is 11.2. The van der Waals surface area contributed by atoms with Gasteiger partial charge < -0.3 is 15.3 Å². The van der Waals surface area contributed by atoms with Crippen molar-refractivity contribution in [1.82, 2.24) is 0 Å². The van der Waals surface area contributed by atoms with Crippen molar-refractivity contribution in [2.75, 3.05) is 0 Å². The number of hydrogen-bond acceptors (Lipinski definition) is 4. The van der Waals surface area contributed by atoms with Gasteiger partial charge in [-0.25, -0.2) is 0 Å². The van der Waals surface area contributed by atoms with Crippen LogP contribution >= 0.6 is 11.3 Å². The molecule has 4 atom stereocenters. The molecule has 3 N–H and O–H groups in total. The average Bonchev–Trinajstić information content (AvgIpc) is 3.23. The Morgan fingerprint density at radius 1 is 1.31 bits per heavy atom. The van der Waals surface area contributed by atoms with Crippen LogP contribution in [-0.2, 0) is 4.79 Å². The van der Waals surface area contributed by atoms with Crippen LogP contribution in [0.1, 0.15) is 55.9 Å². The van der Waals surface area contributed by atoms with Gasteiger partial charge >= 0.3 is 5.97 Å². The molecule has 29 heavy (non-hydrogen) atoms. The van der Waals surface area contributed by atoms with E-state index in [1.807, 2.05) is 18.2 Å². The number of unbranched alkanes of at least 4 members (excludes halogenated alkanes) is 1. The van der Waals surface area contributed by atoms with Gasteiger partial charge in [-0.1, -0.05) is 42.5 Å². The van der Waals surface area contributed by atoms with Crippen LogP contribution in [0, 0.1) is 11.8 Å². The Kier molecular flexibility index (Phi) is 7.64. The maximum Gasteiger partial charge on any atom is 0.303 e. The lowest BCUT2D eigenvalue weighted by Gasteiger charge is -2.22. The van der Waals surface area contributed by atoms with Gasteiger partial charge in [-0.2, -0.15) is 0 Å². The molecular weight excluding hydrogens is 384 g/mol. The standard InChI is InChI=1S/C24H30O4S/c1-16-14-21(26)19(9-4-2-3-5-11-24(27)28)18(16)12-13-20(25)23-15-17-8-6-7-10-22(17)29-23/h2,4,6-8,10,15,18-21,25-26H,1,3,5,9,11-14H2,(H,27,28)/t18-,19+,20+,21-/m0/s1. The van der Waals surface area contributed by atoms with E-state index < -0.39 is 18.2 Å². The number of carbonyl (C=O) groups is 1. The predicted molar refractivity (Wildman–Crippen MR) is 118 cm³/mol. The summed E-state index contributed by atoms with van der Waals surface area (Å²) in [6.45, 7) is 4.17. The second-order valence-electron chi connectivity index (χ2n) is 7.97. The van der Waals surface area contributed by atoms with Crippen molar-refractivity contribution in [2.24, 2.45) is 11.8 Å². The fraction of sp³-hybridized carbons (Fsp3) is 0.458. The summed E-state index contributed by atoms with van der Waals surface area (Å²) in [5.74, 6) is -0.441. The van der Waals surface area contributed by atoms with Crippen molar-refractivity contribution in [3.05, 3.63) is 59.5 Å². The first-order chi connectivity index (χ1) is 14.0. The molecule has 2 aromatic rings. The minimum absolute atomic E-state index is 0.118. The molecule has 1 aliphatic rings. The minimum Gasteiger partial charge on any atom is -0.481 e. The smallest absolute Gasteiger partial charge is 0.303 e. The number of allylic oxidation sites excluding steroid dienone is 2. The van der Waals surface area contributed by atoms with E-state index in [0.717, 1.165) is 35.1 Å². The molecule has 0 radical (unpaired) electrons. The summed E-state index contributed by atoms with van der Waals surface area (Å²) >= 11 is 1.64. The molecule has 0 unspecified atom stereocenters. The van der Waals surface area contributed by atoms with Crippen LogP contribution in [0.5, 0.6) is 0 Å². The summed E-state index contributed by atoms with van der Waals surface area (Å²) in [7, 11) is 0. The Morgan fingerprint density at radius 3 is 2.86 bits per heavy atom. The number of aliphatic hydroxyl groups excluding tert-OH is 2. The highest BCUT2D eigenvalue weighted by Gasteiger charge is 2.36. The first-order valence-electron chi connectivity index (χ1n) is 10.3. The molecule has 0 aliphatic heterocycles. The average molecular weight is 415 g/mol. The molecule has 0 bridgehead atoms. The number of carboxylic acid groups (broad SMARTS) is 1. The highest BCUT2D eigenvalue weighted by Crippen LogP contribution is 2.42. The molecule has 3 rings (SSSR count). The molecule has 0 spiro atoms. The summed E-state index contributed by atoms with van der Waals surface area (Å²) < 4.78 is 1.19. The maximum atomic E-state index is 10.7. The van der Waals surface area contributed by atoms with Gasteiger partial charge in [-0.3, -0.25) is 4.79 Å². The maximum absolute atomic E-state index is 10.7. The summed E-state index contributed by atoms with van der Waals surface area (Å²) in [6.07, 6.45) is 7.60. The molecule has 1 saturated carbocycles. The number of aliphatic carboxylic acids is 1. The van der Waals surface area contributed by atoms with E-state index in [-0.39, 0.29) is 18.3 Å². The number of carboxylic acids is 1. The van der Waals surface area contributed by atoms with Gasteiger partial charge in [0.2, 0.25) is 0 Å². The van der Waals surface area contributed by atoms with E-state index in [1.54, 1.807) is 11.3 Å². The van der Waals surface area contributed by atoms with Crippen LogP contribution in [0.2, 0.25) is 0 Å². The van der Waals surface area contributed by atoms with Crippen LogP contribution < -0.4 is 0 Å². The SMILES string of the molecule is C=C1C[C@H](O)[C@H](CC=CCCCC(=O)O)[C@H]1CC[C@@H](O)c1cc2ccccc2s1. The Bertz CT molecular complexity index is 836. The molecule has 5 heteroatoms. The lowest BCUT2D eigenvalue weighted by molar-refractivity contribution is -0.137. The molecule has 1 heterocycles. The van der Waals surface area contributed by atoms with Crippen molar-refractivity contribution in [2.45, 2.75) is 57.2 Å². The van der Waals surface area contributed by atoms with Crippen molar-refractivity contribution < 1.29 is 20.1 Å². The van der Waals surface area contributed by atoms with Gasteiger partial charge in [0.1, 0.15) is 0 Å². The third-order valence-electron chi connectivity index (χ3n) is 5.87. The quantitative estimate of drug-likeness (QED) is 0.356. The number of hydrogen-bond donors (Lipinski definition) is 3. The second kappa shape index (κ2) is 10.2. The normalized spacial score (nSPS) is 23.2. The number of rotatable bonds is 10. The number of aliphatic hydroxyl groups is 2. The Balaban J connectivity index is 1.53. The van der Waals surface area contributed by atoms with Crippen LogP contribution in [-0.4, -0.2) is 27.4 Å². The van der Waals surface area contributed by atoms with E-state index in [0.29, 0.717) is 19.3 Å². The van der Waals surface area contributed by atoms with Crippen molar-refractivity contribution in [3.8, 4) is 0 Å². The highest BCUT2D eigenvalue weighted by molar-refractivity contribution is 7.19. The first kappa shape index (κ1) is 21.8. The number of benzene rings is 1. The minimum atomic E-state index is -0.766. The van der Waals surface area contributed by atoms with E-state index in [2.05, 4.69) is 30.9 Å². The largest absolute Gasteiger partial charge is 0.481 e. The van der Waals surface area contributed by atoms with Crippen LogP contribution in [0.3, 0.4) is 0 Å². The molecule has 0 amide bonds. The molecule has 1 fully saturated rings. The molecular formula is C24H30O4S. The third kappa shape index (κ3) is 5.78. The fourth-order valence-electron chi connectivity index (χ4n) is 4.27. The zero-order valence-electron chi connectivity index (χ0n) is 16.7. The number of fused-ring (bicyclic) bond motifs is 1. The molecule has 156 valence electrons. The lowest BCUT2D eigenvalue weighted by atomic mass is 9.85. The van der Waals surface area contributed by atoms with Crippen LogP contribution in [0.25, 0.3) is 10.1 Å². The van der Waals surface area contributed by atoms with E-state index >= 15 is 0 Å². The van der Waals surface area contributed by atoms with E-state index in [1.165, 1.54) is 4.70 Å². The zero-order valence-corrected chi connectivity index (χ0v) is 17.5. The van der Waals surface area contributed by atoms with Gasteiger partial charge in [0.05, 0.1) is 12.2 Å². The van der Waals surface area contributed by atoms with Gasteiger partial charge in [-0.15, -0.1) is 11.3 Å². The van der Waals surface area contributed by atoms with Crippen LogP contribution in [0.15, 0.2) is 54.6 Å². The topological polar surface area (TPSA) is 77.8 Å². The van der Waals surface area contributed by atoms with Gasteiger partial charge in [-0.05, 0) is 67.9 Å². The fourth-order valence-corrected chi connectivity index (χ4v) is 5.36. The Hall–Kier alpha value is -1.95. The van der Waals surface area contributed by atoms with E-state index in [9.17, 15) is 15.0 Å². The van der Waals surface area contributed by atoms with Gasteiger partial charge in [0.25, 0.3) is 0 Å². The summed E-state index contributed by atoms with van der Waals surface area (Å²) in [4.78, 5) is 11.5. The third-order valence-corrected chi connectivity index (χ3v) is 7.08. The molecule has 4 nitrogen and oxygen atoms in total. The van der Waals surface area contributed by atoms with Gasteiger partial charge in [0, 0.05) is 16.0 Å². The van der Waals surface area contributed by atoms with Crippen LogP contribution in [0.4, 0.5) is 0 Å². The Morgan fingerprint density at radius 2 is 2.10 bits per heavy atom. The zero-order chi connectivity index (χ0) is 20.8. The molecule has 1 aliphatic carbocycles. The number of thiophene rings is 1.